The van der Waals surface area contributed by atoms with Crippen LogP contribution in [0.15, 0.2) is 42.5 Å². The molecule has 0 aliphatic rings. The number of ether oxygens (including phenoxy) is 3. The minimum Gasteiger partial charge on any atom is -0.497 e. The van der Waals surface area contributed by atoms with Crippen LogP contribution in [-0.4, -0.2) is 48.5 Å². The molecule has 2 rings (SSSR count). The lowest BCUT2D eigenvalue weighted by atomic mass is 10.1. The lowest BCUT2D eigenvalue weighted by Gasteiger charge is -2.25. The van der Waals surface area contributed by atoms with E-state index in [0.717, 1.165) is 16.1 Å². The molecular formula is C20H26N2O6S. The van der Waals surface area contributed by atoms with E-state index in [2.05, 4.69) is 5.32 Å². The highest BCUT2D eigenvalue weighted by Crippen LogP contribution is 2.33. The number of amides is 1. The summed E-state index contributed by atoms with van der Waals surface area (Å²) >= 11 is 0. The number of para-hydroxylation sites is 1. The standard InChI is InChI=1S/C20H26N2O6S/c1-14(16-8-6-7-9-18(16)27-3)21-20(23)13-22(29(5,24)25)17-11-10-15(26-2)12-19(17)28-4/h6-12,14H,13H2,1-5H3,(H,21,23)/t14-/m1/s1. The Bertz CT molecular complexity index is 961. The first-order valence-corrected chi connectivity index (χ1v) is 10.7. The van der Waals surface area contributed by atoms with Gasteiger partial charge in [0, 0.05) is 11.6 Å². The zero-order valence-electron chi connectivity index (χ0n) is 17.1. The summed E-state index contributed by atoms with van der Waals surface area (Å²) < 4.78 is 41.5. The van der Waals surface area contributed by atoms with Crippen LogP contribution in [0.1, 0.15) is 18.5 Å². The summed E-state index contributed by atoms with van der Waals surface area (Å²) in [5, 5.41) is 2.81. The van der Waals surface area contributed by atoms with Crippen molar-refractivity contribution in [3.63, 3.8) is 0 Å². The Morgan fingerprint density at radius 1 is 1.03 bits per heavy atom. The summed E-state index contributed by atoms with van der Waals surface area (Å²) in [4.78, 5) is 12.7. The van der Waals surface area contributed by atoms with Crippen molar-refractivity contribution >= 4 is 21.6 Å². The number of nitrogens with zero attached hydrogens (tertiary/aromatic N) is 1. The van der Waals surface area contributed by atoms with Crippen LogP contribution >= 0.6 is 0 Å². The first-order valence-electron chi connectivity index (χ1n) is 8.83. The predicted molar refractivity (Wildman–Crippen MR) is 111 cm³/mol. The molecule has 9 heteroatoms. The number of rotatable bonds is 9. The fourth-order valence-electron chi connectivity index (χ4n) is 2.89. The van der Waals surface area contributed by atoms with Gasteiger partial charge in [-0.25, -0.2) is 8.42 Å². The van der Waals surface area contributed by atoms with Gasteiger partial charge in [-0.1, -0.05) is 18.2 Å². The number of nitrogens with one attached hydrogen (secondary N) is 1. The van der Waals surface area contributed by atoms with Gasteiger partial charge in [-0.3, -0.25) is 9.10 Å². The first kappa shape index (κ1) is 22.4. The number of sulfonamides is 1. The van der Waals surface area contributed by atoms with Crippen molar-refractivity contribution in [3.8, 4) is 17.2 Å². The number of anilines is 1. The van der Waals surface area contributed by atoms with E-state index in [0.29, 0.717) is 11.5 Å². The minimum atomic E-state index is -3.75. The molecule has 1 amide bonds. The van der Waals surface area contributed by atoms with Crippen LogP contribution in [0.3, 0.4) is 0 Å². The summed E-state index contributed by atoms with van der Waals surface area (Å²) in [7, 11) is 0.714. The Hall–Kier alpha value is -2.94. The lowest BCUT2D eigenvalue weighted by Crippen LogP contribution is -2.41. The molecule has 0 aliphatic carbocycles. The smallest absolute Gasteiger partial charge is 0.241 e. The molecule has 2 aromatic carbocycles. The molecule has 0 aliphatic heterocycles. The maximum Gasteiger partial charge on any atom is 0.241 e. The van der Waals surface area contributed by atoms with Crippen LogP contribution in [0.4, 0.5) is 5.69 Å². The van der Waals surface area contributed by atoms with E-state index in [-0.39, 0.29) is 17.5 Å². The molecule has 158 valence electrons. The fourth-order valence-corrected chi connectivity index (χ4v) is 3.75. The molecule has 0 bridgehead atoms. The normalized spacial score (nSPS) is 12.0. The largest absolute Gasteiger partial charge is 0.497 e. The van der Waals surface area contributed by atoms with Gasteiger partial charge in [-0.15, -0.1) is 0 Å². The fraction of sp³-hybridized carbons (Fsp3) is 0.350. The second kappa shape index (κ2) is 9.51. The van der Waals surface area contributed by atoms with Crippen LogP contribution in [-0.2, 0) is 14.8 Å². The van der Waals surface area contributed by atoms with E-state index >= 15 is 0 Å². The van der Waals surface area contributed by atoms with Gasteiger partial charge in [-0.05, 0) is 25.1 Å². The van der Waals surface area contributed by atoms with E-state index in [9.17, 15) is 13.2 Å². The average molecular weight is 423 g/mol. The van der Waals surface area contributed by atoms with Crippen molar-refractivity contribution < 1.29 is 27.4 Å². The second-order valence-corrected chi connectivity index (χ2v) is 8.25. The highest BCUT2D eigenvalue weighted by atomic mass is 32.2. The van der Waals surface area contributed by atoms with Gasteiger partial charge in [0.2, 0.25) is 15.9 Å². The van der Waals surface area contributed by atoms with E-state index in [1.165, 1.54) is 20.3 Å². The van der Waals surface area contributed by atoms with Gasteiger partial charge in [0.15, 0.2) is 0 Å². The summed E-state index contributed by atoms with van der Waals surface area (Å²) in [6.45, 7) is 1.40. The Labute approximate surface area is 171 Å². The molecule has 0 spiro atoms. The molecule has 29 heavy (non-hydrogen) atoms. The first-order chi connectivity index (χ1) is 13.7. The van der Waals surface area contributed by atoms with Crippen LogP contribution in [0.2, 0.25) is 0 Å². The Morgan fingerprint density at radius 2 is 1.69 bits per heavy atom. The third kappa shape index (κ3) is 5.54. The highest BCUT2D eigenvalue weighted by Gasteiger charge is 2.25. The minimum absolute atomic E-state index is 0.246. The van der Waals surface area contributed by atoms with Crippen LogP contribution in [0.25, 0.3) is 0 Å². The molecule has 1 N–H and O–H groups in total. The van der Waals surface area contributed by atoms with E-state index in [1.807, 2.05) is 18.2 Å². The van der Waals surface area contributed by atoms with E-state index in [4.69, 9.17) is 14.2 Å². The third-order valence-electron chi connectivity index (χ3n) is 4.33. The Morgan fingerprint density at radius 3 is 2.28 bits per heavy atom. The van der Waals surface area contributed by atoms with Crippen LogP contribution in [0, 0.1) is 0 Å². The van der Waals surface area contributed by atoms with Gasteiger partial charge < -0.3 is 19.5 Å². The third-order valence-corrected chi connectivity index (χ3v) is 5.45. The summed E-state index contributed by atoms with van der Waals surface area (Å²) in [5.41, 5.74) is 1.03. The molecule has 0 saturated carbocycles. The van der Waals surface area contributed by atoms with Crippen molar-refractivity contribution in [2.45, 2.75) is 13.0 Å². The molecule has 0 radical (unpaired) electrons. The SMILES string of the molecule is COc1ccc(N(CC(=O)N[C@H](C)c2ccccc2OC)S(C)(=O)=O)c(OC)c1. The molecule has 2 aromatic rings. The average Bonchev–Trinajstić information content (AvgIpc) is 2.70. The molecular weight excluding hydrogens is 396 g/mol. The van der Waals surface area contributed by atoms with Crippen molar-refractivity contribution in [2.75, 3.05) is 38.4 Å². The predicted octanol–water partition coefficient (Wildman–Crippen LogP) is 2.36. The van der Waals surface area contributed by atoms with Crippen molar-refractivity contribution in [2.24, 2.45) is 0 Å². The highest BCUT2D eigenvalue weighted by molar-refractivity contribution is 7.92. The number of carbonyl (C=O) groups excluding carboxylic acids is 1. The molecule has 0 saturated heterocycles. The van der Waals surface area contributed by atoms with Gasteiger partial charge in [-0.2, -0.15) is 0 Å². The topological polar surface area (TPSA) is 94.2 Å². The number of hydrogen-bond donors (Lipinski definition) is 1. The quantitative estimate of drug-likeness (QED) is 0.667. The number of methoxy groups -OCH3 is 3. The molecule has 0 fully saturated rings. The Kier molecular flexibility index (Phi) is 7.33. The van der Waals surface area contributed by atoms with Crippen molar-refractivity contribution in [1.82, 2.24) is 5.32 Å². The Balaban J connectivity index is 2.26. The summed E-state index contributed by atoms with van der Waals surface area (Å²) in [6.07, 6.45) is 1.04. The molecule has 0 aromatic heterocycles. The van der Waals surface area contributed by atoms with Gasteiger partial charge in [0.25, 0.3) is 0 Å². The molecule has 8 nitrogen and oxygen atoms in total. The molecule has 0 unspecified atom stereocenters. The maximum absolute atomic E-state index is 12.7. The van der Waals surface area contributed by atoms with Gasteiger partial charge in [0.1, 0.15) is 23.8 Å². The van der Waals surface area contributed by atoms with E-state index < -0.39 is 22.5 Å². The lowest BCUT2D eigenvalue weighted by molar-refractivity contribution is -0.120. The molecule has 0 heterocycles. The molecule has 1 atom stereocenters. The zero-order chi connectivity index (χ0) is 21.6. The number of carbonyl (C=O) groups is 1. The maximum atomic E-state index is 12.7. The van der Waals surface area contributed by atoms with Gasteiger partial charge >= 0.3 is 0 Å². The van der Waals surface area contributed by atoms with Crippen molar-refractivity contribution in [1.29, 1.82) is 0 Å². The zero-order valence-corrected chi connectivity index (χ0v) is 17.9. The summed E-state index contributed by atoms with van der Waals surface area (Å²) in [6, 6.07) is 11.6. The van der Waals surface area contributed by atoms with Crippen LogP contribution in [0.5, 0.6) is 17.2 Å². The summed E-state index contributed by atoms with van der Waals surface area (Å²) in [5.74, 6) is 0.956. The van der Waals surface area contributed by atoms with Gasteiger partial charge in [0.05, 0.1) is 39.3 Å². The van der Waals surface area contributed by atoms with Crippen LogP contribution < -0.4 is 23.8 Å². The number of hydrogen-bond acceptors (Lipinski definition) is 6. The number of benzene rings is 2. The van der Waals surface area contributed by atoms with E-state index in [1.54, 1.807) is 32.2 Å². The monoisotopic (exact) mass is 422 g/mol. The second-order valence-electron chi connectivity index (χ2n) is 6.34. The van der Waals surface area contributed by atoms with Crippen molar-refractivity contribution in [3.05, 3.63) is 48.0 Å².